The zero-order valence-electron chi connectivity index (χ0n) is 12.1. The van der Waals surface area contributed by atoms with E-state index in [0.717, 1.165) is 19.5 Å². The topological polar surface area (TPSA) is 71.3 Å². The largest absolute Gasteiger partial charge is 0.362 e. The summed E-state index contributed by atoms with van der Waals surface area (Å²) in [5.74, 6) is 0. The van der Waals surface area contributed by atoms with Crippen molar-refractivity contribution in [2.45, 2.75) is 45.2 Å². The molecule has 6 heteroatoms. The minimum Gasteiger partial charge on any atom is -0.362 e. The van der Waals surface area contributed by atoms with Gasteiger partial charge in [-0.25, -0.2) is 0 Å². The first-order valence-corrected chi connectivity index (χ1v) is 7.18. The summed E-state index contributed by atoms with van der Waals surface area (Å²) in [6.07, 6.45) is 6.52. The molecule has 1 aliphatic heterocycles. The number of rotatable bonds is 5. The van der Waals surface area contributed by atoms with Gasteiger partial charge in [0.1, 0.15) is 11.9 Å². The van der Waals surface area contributed by atoms with Crippen molar-refractivity contribution in [2.75, 3.05) is 18.0 Å². The molecular formula is C14H22N4O2. The second kappa shape index (κ2) is 6.65. The summed E-state index contributed by atoms with van der Waals surface area (Å²) >= 11 is 0. The van der Waals surface area contributed by atoms with E-state index in [1.54, 1.807) is 12.3 Å². The van der Waals surface area contributed by atoms with Crippen LogP contribution in [0.15, 0.2) is 18.5 Å². The summed E-state index contributed by atoms with van der Waals surface area (Å²) in [6.45, 7) is 5.96. The molecule has 1 atom stereocenters. The van der Waals surface area contributed by atoms with Gasteiger partial charge in [0, 0.05) is 24.8 Å². The molecule has 0 radical (unpaired) electrons. The minimum absolute atomic E-state index is 0.0806. The molecule has 2 heterocycles. The van der Waals surface area contributed by atoms with E-state index in [9.17, 15) is 10.1 Å². The Morgan fingerprint density at radius 2 is 2.35 bits per heavy atom. The fourth-order valence-corrected chi connectivity index (χ4v) is 2.67. The lowest BCUT2D eigenvalue weighted by atomic mass is 10.0. The quantitative estimate of drug-likeness (QED) is 0.661. The van der Waals surface area contributed by atoms with Crippen molar-refractivity contribution < 1.29 is 4.92 Å². The maximum Gasteiger partial charge on any atom is 0.310 e. The Morgan fingerprint density at radius 1 is 1.55 bits per heavy atom. The summed E-state index contributed by atoms with van der Waals surface area (Å²) in [5.41, 5.74) is 0.740. The van der Waals surface area contributed by atoms with Gasteiger partial charge in [-0.15, -0.1) is 0 Å². The molecule has 1 N–H and O–H groups in total. The van der Waals surface area contributed by atoms with Crippen molar-refractivity contribution in [1.82, 2.24) is 10.3 Å². The van der Waals surface area contributed by atoms with Crippen molar-refractivity contribution in [3.05, 3.63) is 28.6 Å². The SMILES string of the molecule is CC(C)N(CC1CCCCN1)c1ccncc1[N+](=O)[O-]. The molecule has 1 aromatic rings. The van der Waals surface area contributed by atoms with Gasteiger partial charge in [0.05, 0.1) is 4.92 Å². The van der Waals surface area contributed by atoms with Gasteiger partial charge in [0.15, 0.2) is 0 Å². The molecule has 2 rings (SSSR count). The number of nitrogens with zero attached hydrogens (tertiary/aromatic N) is 3. The Labute approximate surface area is 119 Å². The second-order valence-electron chi connectivity index (χ2n) is 5.51. The molecule has 20 heavy (non-hydrogen) atoms. The molecule has 0 spiro atoms. The molecule has 0 bridgehead atoms. The van der Waals surface area contributed by atoms with E-state index in [0.29, 0.717) is 11.7 Å². The van der Waals surface area contributed by atoms with Crippen molar-refractivity contribution >= 4 is 11.4 Å². The number of pyridine rings is 1. The molecular weight excluding hydrogens is 256 g/mol. The molecule has 0 saturated carbocycles. The van der Waals surface area contributed by atoms with E-state index in [-0.39, 0.29) is 16.7 Å². The molecule has 0 aliphatic carbocycles. The number of nitro groups is 1. The first kappa shape index (κ1) is 14.7. The molecule has 1 fully saturated rings. The number of anilines is 1. The smallest absolute Gasteiger partial charge is 0.310 e. The Bertz CT molecular complexity index is 458. The lowest BCUT2D eigenvalue weighted by molar-refractivity contribution is -0.384. The summed E-state index contributed by atoms with van der Waals surface area (Å²) < 4.78 is 0. The van der Waals surface area contributed by atoms with Crippen LogP contribution < -0.4 is 10.2 Å². The lowest BCUT2D eigenvalue weighted by Crippen LogP contribution is -2.46. The van der Waals surface area contributed by atoms with E-state index < -0.39 is 0 Å². The van der Waals surface area contributed by atoms with Gasteiger partial charge in [0.25, 0.3) is 0 Å². The van der Waals surface area contributed by atoms with Crippen LogP contribution in [0.1, 0.15) is 33.1 Å². The van der Waals surface area contributed by atoms with Gasteiger partial charge in [-0.1, -0.05) is 6.42 Å². The molecule has 110 valence electrons. The first-order valence-electron chi connectivity index (χ1n) is 7.18. The van der Waals surface area contributed by atoms with Crippen molar-refractivity contribution in [3.8, 4) is 0 Å². The number of nitrogens with one attached hydrogen (secondary N) is 1. The van der Waals surface area contributed by atoms with Gasteiger partial charge in [-0.3, -0.25) is 15.1 Å². The zero-order valence-corrected chi connectivity index (χ0v) is 12.1. The lowest BCUT2D eigenvalue weighted by Gasteiger charge is -2.34. The maximum absolute atomic E-state index is 11.2. The van der Waals surface area contributed by atoms with Gasteiger partial charge < -0.3 is 10.2 Å². The van der Waals surface area contributed by atoms with Crippen LogP contribution in [-0.2, 0) is 0 Å². The highest BCUT2D eigenvalue weighted by Crippen LogP contribution is 2.28. The zero-order chi connectivity index (χ0) is 14.5. The Balaban J connectivity index is 2.21. The summed E-state index contributed by atoms with van der Waals surface area (Å²) in [7, 11) is 0. The molecule has 0 aromatic carbocycles. The van der Waals surface area contributed by atoms with Crippen LogP contribution in [0.25, 0.3) is 0 Å². The van der Waals surface area contributed by atoms with Gasteiger partial charge in [0.2, 0.25) is 0 Å². The molecule has 6 nitrogen and oxygen atoms in total. The molecule has 1 unspecified atom stereocenters. The van der Waals surface area contributed by atoms with E-state index in [2.05, 4.69) is 29.0 Å². The second-order valence-corrected chi connectivity index (χ2v) is 5.51. The van der Waals surface area contributed by atoms with Crippen LogP contribution in [0.4, 0.5) is 11.4 Å². The average molecular weight is 278 g/mol. The van der Waals surface area contributed by atoms with E-state index in [4.69, 9.17) is 0 Å². The highest BCUT2D eigenvalue weighted by molar-refractivity contribution is 5.62. The monoisotopic (exact) mass is 278 g/mol. The molecule has 1 saturated heterocycles. The summed E-state index contributed by atoms with van der Waals surface area (Å²) in [5, 5.41) is 14.7. The normalized spacial score (nSPS) is 19.1. The van der Waals surface area contributed by atoms with E-state index in [1.165, 1.54) is 19.0 Å². The predicted octanol–water partition coefficient (Wildman–Crippen LogP) is 2.35. The number of hydrogen-bond donors (Lipinski definition) is 1. The van der Waals surface area contributed by atoms with E-state index >= 15 is 0 Å². The van der Waals surface area contributed by atoms with Gasteiger partial charge in [-0.05, 0) is 39.3 Å². The highest BCUT2D eigenvalue weighted by atomic mass is 16.6. The van der Waals surface area contributed by atoms with Crippen molar-refractivity contribution in [1.29, 1.82) is 0 Å². The third-order valence-corrected chi connectivity index (χ3v) is 3.74. The fraction of sp³-hybridized carbons (Fsp3) is 0.643. The predicted molar refractivity (Wildman–Crippen MR) is 79.0 cm³/mol. The van der Waals surface area contributed by atoms with E-state index in [1.807, 2.05) is 0 Å². The van der Waals surface area contributed by atoms with Crippen LogP contribution in [0.2, 0.25) is 0 Å². The average Bonchev–Trinajstić information content (AvgIpc) is 2.45. The third-order valence-electron chi connectivity index (χ3n) is 3.74. The maximum atomic E-state index is 11.2. The Hall–Kier alpha value is -1.69. The highest BCUT2D eigenvalue weighted by Gasteiger charge is 2.24. The first-order chi connectivity index (χ1) is 9.59. The standard InChI is InChI=1S/C14H22N4O2/c1-11(2)17(10-12-5-3-4-7-16-12)13-6-8-15-9-14(13)18(19)20/h6,8-9,11-12,16H,3-5,7,10H2,1-2H3. The van der Waals surface area contributed by atoms with Gasteiger partial charge >= 0.3 is 5.69 Å². The number of aromatic nitrogens is 1. The van der Waals surface area contributed by atoms with Crippen LogP contribution in [0, 0.1) is 10.1 Å². The Morgan fingerprint density at radius 3 is 2.95 bits per heavy atom. The van der Waals surface area contributed by atoms with Crippen LogP contribution in [0.3, 0.4) is 0 Å². The van der Waals surface area contributed by atoms with Crippen molar-refractivity contribution in [3.63, 3.8) is 0 Å². The number of piperidine rings is 1. The van der Waals surface area contributed by atoms with Crippen LogP contribution in [-0.4, -0.2) is 35.1 Å². The van der Waals surface area contributed by atoms with Gasteiger partial charge in [-0.2, -0.15) is 0 Å². The summed E-state index contributed by atoms with van der Waals surface area (Å²) in [6, 6.07) is 2.35. The van der Waals surface area contributed by atoms with Crippen LogP contribution >= 0.6 is 0 Å². The number of hydrogen-bond acceptors (Lipinski definition) is 5. The molecule has 1 aliphatic rings. The minimum atomic E-state index is -0.355. The van der Waals surface area contributed by atoms with Crippen LogP contribution in [0.5, 0.6) is 0 Å². The third kappa shape index (κ3) is 3.45. The molecule has 0 amide bonds. The van der Waals surface area contributed by atoms with Crippen molar-refractivity contribution in [2.24, 2.45) is 0 Å². The fourth-order valence-electron chi connectivity index (χ4n) is 2.67. The summed E-state index contributed by atoms with van der Waals surface area (Å²) in [4.78, 5) is 16.8. The molecule has 1 aromatic heterocycles. The Kier molecular flexibility index (Phi) is 4.89.